The molecule has 0 aliphatic rings. The molecule has 9 heteroatoms. The third-order valence-corrected chi connectivity index (χ3v) is 6.56. The van der Waals surface area contributed by atoms with Crippen LogP contribution in [-0.2, 0) is 26.1 Å². The molecule has 0 fully saturated rings. The van der Waals surface area contributed by atoms with Crippen molar-refractivity contribution in [2.75, 3.05) is 20.8 Å². The number of aromatic nitrogens is 3. The lowest BCUT2D eigenvalue weighted by Crippen LogP contribution is -2.26. The number of oxazole rings is 1. The highest BCUT2D eigenvalue weighted by molar-refractivity contribution is 5.91. The summed E-state index contributed by atoms with van der Waals surface area (Å²) in [4.78, 5) is 26.9. The molecule has 0 aliphatic carbocycles. The lowest BCUT2D eigenvalue weighted by molar-refractivity contribution is 0.0945. The number of methoxy groups -OCH3 is 2. The quantitative estimate of drug-likeness (QED) is 0.242. The molecule has 0 saturated carbocycles. The van der Waals surface area contributed by atoms with Crippen molar-refractivity contribution in [2.45, 2.75) is 26.1 Å². The van der Waals surface area contributed by atoms with E-state index in [1.54, 1.807) is 20.4 Å². The first-order valence-electron chi connectivity index (χ1n) is 12.7. The van der Waals surface area contributed by atoms with Crippen molar-refractivity contribution in [2.24, 2.45) is 0 Å². The largest absolute Gasteiger partial charge is 0.497 e. The highest BCUT2D eigenvalue weighted by Gasteiger charge is 2.18. The van der Waals surface area contributed by atoms with E-state index in [1.807, 2.05) is 48.5 Å². The van der Waals surface area contributed by atoms with E-state index in [2.05, 4.69) is 43.5 Å². The van der Waals surface area contributed by atoms with Crippen molar-refractivity contribution in [3.63, 3.8) is 0 Å². The van der Waals surface area contributed by atoms with Gasteiger partial charge in [-0.15, -0.1) is 0 Å². The first-order valence-corrected chi connectivity index (χ1v) is 12.7. The number of aromatic amines is 1. The predicted octanol–water partition coefficient (Wildman–Crippen LogP) is 4.74. The van der Waals surface area contributed by atoms with Gasteiger partial charge >= 0.3 is 0 Å². The Morgan fingerprint density at radius 1 is 1.03 bits per heavy atom. The minimum Gasteiger partial charge on any atom is -0.497 e. The van der Waals surface area contributed by atoms with E-state index >= 15 is 0 Å². The Morgan fingerprint density at radius 3 is 2.72 bits per heavy atom. The fraction of sp³-hybridized carbons (Fsp3) is 0.233. The summed E-state index contributed by atoms with van der Waals surface area (Å²) in [6.45, 7) is 2.07. The van der Waals surface area contributed by atoms with E-state index in [4.69, 9.17) is 13.9 Å². The lowest BCUT2D eigenvalue weighted by atomic mass is 10.1. The summed E-state index contributed by atoms with van der Waals surface area (Å²) in [5, 5.41) is 4.05. The van der Waals surface area contributed by atoms with Crippen LogP contribution in [-0.4, -0.2) is 46.5 Å². The van der Waals surface area contributed by atoms with Crippen LogP contribution in [0.3, 0.4) is 0 Å². The summed E-state index contributed by atoms with van der Waals surface area (Å²) in [6.07, 6.45) is 5.97. The highest BCUT2D eigenvalue weighted by Crippen LogP contribution is 2.27. The molecule has 2 N–H and O–H groups in total. The molecule has 5 rings (SSSR count). The van der Waals surface area contributed by atoms with Crippen molar-refractivity contribution in [3.05, 3.63) is 108 Å². The summed E-state index contributed by atoms with van der Waals surface area (Å²) in [7, 11) is 3.28. The number of H-pyrrole nitrogens is 1. The van der Waals surface area contributed by atoms with Crippen molar-refractivity contribution < 1.29 is 18.7 Å². The third kappa shape index (κ3) is 6.45. The Hall–Kier alpha value is -4.63. The molecule has 0 spiro atoms. The smallest absolute Gasteiger partial charge is 0.273 e. The zero-order valence-electron chi connectivity index (χ0n) is 22.0. The maximum absolute atomic E-state index is 12.7. The highest BCUT2D eigenvalue weighted by atomic mass is 16.5. The molecule has 9 nitrogen and oxygen atoms in total. The molecular weight excluding hydrogens is 494 g/mol. The Kier molecular flexibility index (Phi) is 8.18. The molecule has 0 bridgehead atoms. The zero-order valence-corrected chi connectivity index (χ0v) is 22.0. The van der Waals surface area contributed by atoms with Crippen molar-refractivity contribution in [1.29, 1.82) is 0 Å². The van der Waals surface area contributed by atoms with Gasteiger partial charge < -0.3 is 24.2 Å². The van der Waals surface area contributed by atoms with Crippen LogP contribution in [0.4, 0.5) is 0 Å². The molecule has 0 saturated heterocycles. The Morgan fingerprint density at radius 2 is 1.90 bits per heavy atom. The van der Waals surface area contributed by atoms with Crippen LogP contribution in [0, 0.1) is 0 Å². The van der Waals surface area contributed by atoms with Crippen molar-refractivity contribution >= 4 is 16.8 Å². The van der Waals surface area contributed by atoms with Gasteiger partial charge in [0, 0.05) is 48.0 Å². The molecule has 0 unspecified atom stereocenters. The van der Waals surface area contributed by atoms with Gasteiger partial charge in [-0.25, -0.2) is 4.98 Å². The zero-order chi connectivity index (χ0) is 27.0. The Bertz CT molecular complexity index is 1530. The minimum atomic E-state index is -0.308. The van der Waals surface area contributed by atoms with E-state index in [1.165, 1.54) is 17.2 Å². The molecule has 1 amide bonds. The average Bonchev–Trinajstić information content (AvgIpc) is 3.62. The van der Waals surface area contributed by atoms with E-state index in [9.17, 15) is 4.79 Å². The van der Waals surface area contributed by atoms with Gasteiger partial charge in [0.25, 0.3) is 5.91 Å². The molecule has 3 aromatic heterocycles. The molecule has 0 radical (unpaired) electrons. The first-order chi connectivity index (χ1) is 19.1. The topological polar surface area (TPSA) is 106 Å². The van der Waals surface area contributed by atoms with Gasteiger partial charge in [-0.05, 0) is 36.2 Å². The third-order valence-electron chi connectivity index (χ3n) is 6.56. The van der Waals surface area contributed by atoms with Crippen LogP contribution in [0.15, 0.2) is 83.7 Å². The van der Waals surface area contributed by atoms with Gasteiger partial charge in [-0.2, -0.15) is 0 Å². The second kappa shape index (κ2) is 12.3. The van der Waals surface area contributed by atoms with E-state index in [0.29, 0.717) is 25.5 Å². The summed E-state index contributed by atoms with van der Waals surface area (Å²) in [6, 6.07) is 19.6. The number of fused-ring (bicyclic) bond motifs is 1. The lowest BCUT2D eigenvalue weighted by Gasteiger charge is -2.22. The predicted molar refractivity (Wildman–Crippen MR) is 148 cm³/mol. The molecular formula is C30H31N5O4. The standard InChI is InChI=1S/C30H31N5O4/c1-37-24-11-10-22(28(15-24)38-2)18-35(14-12-21-16-32-26-9-4-3-8-25(21)26)19-29-34-27(20-39-29)30(36)33-17-23-7-5-6-13-31-23/h3-11,13,15-16,20,32H,12,14,17-19H2,1-2H3,(H,33,36). The van der Waals surface area contributed by atoms with Gasteiger partial charge in [-0.3, -0.25) is 14.7 Å². The number of carbonyl (C=O) groups excluding carboxylic acids is 1. The van der Waals surface area contributed by atoms with Crippen LogP contribution in [0.1, 0.15) is 33.2 Å². The maximum atomic E-state index is 12.7. The summed E-state index contributed by atoms with van der Waals surface area (Å²) < 4.78 is 16.7. The molecule has 39 heavy (non-hydrogen) atoms. The average molecular weight is 526 g/mol. The van der Waals surface area contributed by atoms with Gasteiger partial charge in [0.15, 0.2) is 5.69 Å². The maximum Gasteiger partial charge on any atom is 0.273 e. The summed E-state index contributed by atoms with van der Waals surface area (Å²) in [5.41, 5.74) is 4.37. The van der Waals surface area contributed by atoms with Gasteiger partial charge in [0.2, 0.25) is 5.89 Å². The second-order valence-corrected chi connectivity index (χ2v) is 9.13. The molecule has 2 aromatic carbocycles. The van der Waals surface area contributed by atoms with E-state index in [0.717, 1.165) is 41.2 Å². The van der Waals surface area contributed by atoms with Crippen LogP contribution >= 0.6 is 0 Å². The van der Waals surface area contributed by atoms with Gasteiger partial charge in [0.05, 0.1) is 33.0 Å². The number of carbonyl (C=O) groups is 1. The first kappa shape index (κ1) is 26.0. The Balaban J connectivity index is 1.31. The monoisotopic (exact) mass is 525 g/mol. The summed E-state index contributed by atoms with van der Waals surface area (Å²) in [5.74, 6) is 1.63. The van der Waals surface area contributed by atoms with Crippen LogP contribution in [0.25, 0.3) is 10.9 Å². The molecule has 200 valence electrons. The van der Waals surface area contributed by atoms with Crippen LogP contribution < -0.4 is 14.8 Å². The number of hydrogen-bond acceptors (Lipinski definition) is 7. The number of nitrogens with zero attached hydrogens (tertiary/aromatic N) is 3. The van der Waals surface area contributed by atoms with E-state index < -0.39 is 0 Å². The minimum absolute atomic E-state index is 0.236. The number of amides is 1. The molecule has 3 heterocycles. The number of nitrogens with one attached hydrogen (secondary N) is 2. The van der Waals surface area contributed by atoms with Crippen LogP contribution in [0.2, 0.25) is 0 Å². The molecule has 0 aliphatic heterocycles. The van der Waals surface area contributed by atoms with E-state index in [-0.39, 0.29) is 11.6 Å². The van der Waals surface area contributed by atoms with Crippen molar-refractivity contribution in [3.8, 4) is 11.5 Å². The number of hydrogen-bond donors (Lipinski definition) is 2. The number of pyridine rings is 1. The number of ether oxygens (including phenoxy) is 2. The molecule has 5 aromatic rings. The fourth-order valence-corrected chi connectivity index (χ4v) is 4.50. The SMILES string of the molecule is COc1ccc(CN(CCc2c[nH]c3ccccc23)Cc2nc(C(=O)NCc3ccccn3)co2)c(OC)c1. The van der Waals surface area contributed by atoms with Crippen molar-refractivity contribution in [1.82, 2.24) is 25.2 Å². The Labute approximate surface area is 226 Å². The number of rotatable bonds is 12. The second-order valence-electron chi connectivity index (χ2n) is 9.13. The summed E-state index contributed by atoms with van der Waals surface area (Å²) >= 11 is 0. The fourth-order valence-electron chi connectivity index (χ4n) is 4.50. The normalized spacial score (nSPS) is 11.2. The van der Waals surface area contributed by atoms with Gasteiger partial charge in [0.1, 0.15) is 17.8 Å². The number of benzene rings is 2. The number of para-hydroxylation sites is 1. The molecule has 0 atom stereocenters. The van der Waals surface area contributed by atoms with Gasteiger partial charge in [-0.1, -0.05) is 30.3 Å². The van der Waals surface area contributed by atoms with Crippen LogP contribution in [0.5, 0.6) is 11.5 Å².